The number of rotatable bonds is 4. The van der Waals surface area contributed by atoms with Gasteiger partial charge in [-0.1, -0.05) is 6.07 Å². The second-order valence-corrected chi connectivity index (χ2v) is 8.59. The summed E-state index contributed by atoms with van der Waals surface area (Å²) in [6.45, 7) is 0. The van der Waals surface area contributed by atoms with Crippen LogP contribution >= 0.6 is 15.9 Å². The van der Waals surface area contributed by atoms with Crippen molar-refractivity contribution in [2.45, 2.75) is 37.8 Å². The van der Waals surface area contributed by atoms with Gasteiger partial charge in [0.05, 0.1) is 23.0 Å². The first-order valence-corrected chi connectivity index (χ1v) is 10.8. The number of carbonyl (C=O) groups is 1. The lowest BCUT2D eigenvalue weighted by Crippen LogP contribution is -2.37. The Hall–Kier alpha value is -2.74. The van der Waals surface area contributed by atoms with Gasteiger partial charge in [0.1, 0.15) is 10.4 Å². The van der Waals surface area contributed by atoms with Crippen molar-refractivity contribution in [1.29, 1.82) is 0 Å². The van der Waals surface area contributed by atoms with Crippen LogP contribution in [0.5, 0.6) is 0 Å². The van der Waals surface area contributed by atoms with E-state index in [9.17, 15) is 9.18 Å². The zero-order chi connectivity index (χ0) is 20.7. The van der Waals surface area contributed by atoms with E-state index in [0.717, 1.165) is 31.4 Å². The maximum atomic E-state index is 14.7. The molecule has 2 aliphatic rings. The number of benzene rings is 1. The van der Waals surface area contributed by atoms with Gasteiger partial charge in [-0.2, -0.15) is 0 Å². The highest BCUT2D eigenvalue weighted by atomic mass is 79.9. The molecule has 2 saturated heterocycles. The third-order valence-corrected chi connectivity index (χ3v) is 6.49. The van der Waals surface area contributed by atoms with E-state index in [1.54, 1.807) is 43.0 Å². The summed E-state index contributed by atoms with van der Waals surface area (Å²) >= 11 is 3.31. The lowest BCUT2D eigenvalue weighted by molar-refractivity contribution is 0.0719. The van der Waals surface area contributed by atoms with Crippen LogP contribution in [0.4, 0.5) is 4.39 Å². The van der Waals surface area contributed by atoms with Gasteiger partial charge in [0.15, 0.2) is 5.82 Å². The Kier molecular flexibility index (Phi) is 5.02. The van der Waals surface area contributed by atoms with Crippen molar-refractivity contribution in [3.8, 4) is 11.4 Å². The van der Waals surface area contributed by atoms with Crippen LogP contribution in [0.2, 0.25) is 0 Å². The van der Waals surface area contributed by atoms with E-state index in [2.05, 4.69) is 35.9 Å². The Morgan fingerprint density at radius 3 is 2.70 bits per heavy atom. The number of halogens is 2. The minimum absolute atomic E-state index is 0.126. The van der Waals surface area contributed by atoms with Gasteiger partial charge in [-0.3, -0.25) is 9.78 Å². The van der Waals surface area contributed by atoms with Crippen molar-refractivity contribution in [2.24, 2.45) is 5.92 Å². The van der Waals surface area contributed by atoms with Crippen LogP contribution < -0.4 is 0 Å². The van der Waals surface area contributed by atoms with Gasteiger partial charge >= 0.3 is 0 Å². The van der Waals surface area contributed by atoms with E-state index >= 15 is 0 Å². The number of aromatic nitrogens is 4. The molecule has 2 aliphatic heterocycles. The predicted molar refractivity (Wildman–Crippen MR) is 112 cm³/mol. The van der Waals surface area contributed by atoms with Crippen molar-refractivity contribution >= 4 is 21.8 Å². The third kappa shape index (κ3) is 3.39. The zero-order valence-corrected chi connectivity index (χ0v) is 17.7. The Labute approximate surface area is 181 Å². The summed E-state index contributed by atoms with van der Waals surface area (Å²) in [5.74, 6) is -0.0746. The first-order valence-electron chi connectivity index (χ1n) is 9.97. The second kappa shape index (κ2) is 7.83. The van der Waals surface area contributed by atoms with E-state index in [-0.39, 0.29) is 29.4 Å². The first-order chi connectivity index (χ1) is 14.6. The smallest absolute Gasteiger partial charge is 0.255 e. The minimum Gasteiger partial charge on any atom is -0.332 e. The van der Waals surface area contributed by atoms with Gasteiger partial charge in [0.25, 0.3) is 5.91 Å². The Balaban J connectivity index is 1.44. The largest absolute Gasteiger partial charge is 0.332 e. The number of carbonyl (C=O) groups excluding carboxylic acids is 1. The van der Waals surface area contributed by atoms with Crippen molar-refractivity contribution in [3.63, 3.8) is 0 Å². The number of fused-ring (bicyclic) bond motifs is 2. The average Bonchev–Trinajstić information content (AvgIpc) is 3.33. The van der Waals surface area contributed by atoms with Crippen LogP contribution in [-0.2, 0) is 6.42 Å². The molecule has 1 aromatic carbocycles. The summed E-state index contributed by atoms with van der Waals surface area (Å²) in [5.41, 5.74) is 1.42. The molecule has 0 saturated carbocycles. The van der Waals surface area contributed by atoms with Crippen molar-refractivity contribution < 1.29 is 9.18 Å². The van der Waals surface area contributed by atoms with E-state index < -0.39 is 5.82 Å². The number of hydrogen-bond acceptors (Lipinski definition) is 5. The topological polar surface area (TPSA) is 71.9 Å². The molecular weight excluding hydrogens is 449 g/mol. The summed E-state index contributed by atoms with van der Waals surface area (Å²) < 4.78 is 15.4. The molecule has 8 heteroatoms. The fourth-order valence-electron chi connectivity index (χ4n) is 4.86. The maximum absolute atomic E-state index is 14.7. The zero-order valence-electron chi connectivity index (χ0n) is 16.1. The summed E-state index contributed by atoms with van der Waals surface area (Å²) in [6.07, 6.45) is 10.2. The van der Waals surface area contributed by atoms with Gasteiger partial charge in [-0.25, -0.2) is 19.3 Å². The van der Waals surface area contributed by atoms with Crippen molar-refractivity contribution in [1.82, 2.24) is 24.8 Å². The van der Waals surface area contributed by atoms with Crippen LogP contribution in [0.3, 0.4) is 0 Å². The molecule has 2 bridgehead atoms. The standard InChI is InChI=1S/C22H19BrFN5O/c23-19-12-27-14(11-28-19)9-13-10-15-5-6-18(13)29(15)22(30)16-3-1-4-17(24)20(16)21-25-7-2-8-26-21/h1-4,7-8,11-13,15,18H,5-6,9-10H2. The monoisotopic (exact) mass is 467 g/mol. The van der Waals surface area contributed by atoms with E-state index in [4.69, 9.17) is 0 Å². The highest BCUT2D eigenvalue weighted by molar-refractivity contribution is 9.10. The molecule has 4 heterocycles. The molecule has 3 aromatic rings. The van der Waals surface area contributed by atoms with Gasteiger partial charge in [0.2, 0.25) is 0 Å². The fraction of sp³-hybridized carbons (Fsp3) is 0.318. The summed E-state index contributed by atoms with van der Waals surface area (Å²) in [4.78, 5) is 32.6. The molecule has 0 N–H and O–H groups in total. The lowest BCUT2D eigenvalue weighted by atomic mass is 9.86. The summed E-state index contributed by atoms with van der Waals surface area (Å²) in [5, 5.41) is 0. The van der Waals surface area contributed by atoms with Crippen LogP contribution in [0.15, 0.2) is 53.7 Å². The molecule has 1 amide bonds. The number of amides is 1. The normalized spacial score (nSPS) is 22.5. The van der Waals surface area contributed by atoms with Gasteiger partial charge in [-0.15, -0.1) is 0 Å². The van der Waals surface area contributed by atoms with E-state index in [0.29, 0.717) is 16.1 Å². The molecule has 3 atom stereocenters. The van der Waals surface area contributed by atoms with E-state index in [1.807, 2.05) is 4.90 Å². The molecule has 2 fully saturated rings. The van der Waals surface area contributed by atoms with Gasteiger partial charge < -0.3 is 4.90 Å². The minimum atomic E-state index is -0.486. The second-order valence-electron chi connectivity index (χ2n) is 7.78. The molecule has 5 rings (SSSR count). The number of nitrogens with zero attached hydrogens (tertiary/aromatic N) is 5. The molecule has 0 spiro atoms. The third-order valence-electron chi connectivity index (χ3n) is 6.08. The molecule has 152 valence electrons. The molecule has 0 radical (unpaired) electrons. The molecular formula is C22H19BrFN5O. The molecule has 30 heavy (non-hydrogen) atoms. The number of hydrogen-bond donors (Lipinski definition) is 0. The molecule has 6 nitrogen and oxygen atoms in total. The van der Waals surface area contributed by atoms with Crippen molar-refractivity contribution in [3.05, 3.63) is 70.7 Å². The Bertz CT molecular complexity index is 1080. The quantitative estimate of drug-likeness (QED) is 0.578. The summed E-state index contributed by atoms with van der Waals surface area (Å²) in [6, 6.07) is 6.55. The maximum Gasteiger partial charge on any atom is 0.255 e. The average molecular weight is 468 g/mol. The molecule has 2 aromatic heterocycles. The molecule has 3 unspecified atom stereocenters. The van der Waals surface area contributed by atoms with Gasteiger partial charge in [-0.05, 0) is 65.7 Å². The van der Waals surface area contributed by atoms with Crippen LogP contribution in [0.25, 0.3) is 11.4 Å². The first kappa shape index (κ1) is 19.2. The van der Waals surface area contributed by atoms with Crippen LogP contribution in [0.1, 0.15) is 35.3 Å². The van der Waals surface area contributed by atoms with Crippen molar-refractivity contribution in [2.75, 3.05) is 0 Å². The Morgan fingerprint density at radius 1 is 1.10 bits per heavy atom. The molecule has 0 aliphatic carbocycles. The fourth-order valence-corrected chi connectivity index (χ4v) is 5.06. The lowest BCUT2D eigenvalue weighted by Gasteiger charge is -2.25. The van der Waals surface area contributed by atoms with Gasteiger partial charge in [0, 0.05) is 30.7 Å². The highest BCUT2D eigenvalue weighted by Crippen LogP contribution is 2.44. The SMILES string of the molecule is O=C(c1cccc(F)c1-c1ncccn1)N1C2CCC1C(Cc1cnc(Br)cn1)C2. The van der Waals surface area contributed by atoms with Crippen LogP contribution in [0, 0.1) is 11.7 Å². The summed E-state index contributed by atoms with van der Waals surface area (Å²) in [7, 11) is 0. The highest BCUT2D eigenvalue weighted by Gasteiger charge is 2.49. The Morgan fingerprint density at radius 2 is 1.93 bits per heavy atom. The van der Waals surface area contributed by atoms with E-state index in [1.165, 1.54) is 6.07 Å². The predicted octanol–water partition coefficient (Wildman–Crippen LogP) is 4.07. The van der Waals surface area contributed by atoms with Crippen LogP contribution in [-0.4, -0.2) is 42.8 Å².